The van der Waals surface area contributed by atoms with Crippen LogP contribution in [-0.4, -0.2) is 48.8 Å². The third-order valence-corrected chi connectivity index (χ3v) is 4.30. The van der Waals surface area contributed by atoms with Gasteiger partial charge in [-0.05, 0) is 37.1 Å². The Morgan fingerprint density at radius 3 is 2.30 bits per heavy atom. The van der Waals surface area contributed by atoms with Crippen LogP contribution in [-0.2, 0) is 4.79 Å². The Balaban J connectivity index is 1.98. The number of hydrogen-bond acceptors (Lipinski definition) is 3. The highest BCUT2D eigenvalue weighted by Gasteiger charge is 2.36. The van der Waals surface area contributed by atoms with E-state index in [0.717, 1.165) is 12.8 Å². The monoisotopic (exact) mass is 317 g/mol. The highest BCUT2D eigenvalue weighted by atomic mass is 16.2. The Kier molecular flexibility index (Phi) is 5.03. The molecule has 1 aromatic carbocycles. The smallest absolute Gasteiger partial charge is 0.253 e. The number of hydrogen-bond donors (Lipinski definition) is 2. The van der Waals surface area contributed by atoms with Gasteiger partial charge in [0.15, 0.2) is 0 Å². The molecule has 2 rings (SSSR count). The second-order valence-corrected chi connectivity index (χ2v) is 6.14. The molecule has 0 spiro atoms. The molecule has 124 valence electrons. The molecule has 3 amide bonds. The van der Waals surface area contributed by atoms with Crippen molar-refractivity contribution in [3.05, 3.63) is 35.4 Å². The quantitative estimate of drug-likeness (QED) is 0.856. The Morgan fingerprint density at radius 2 is 1.83 bits per heavy atom. The summed E-state index contributed by atoms with van der Waals surface area (Å²) in [5.41, 5.74) is 0.698. The number of carbonyl (C=O) groups is 3. The molecule has 1 aromatic rings. The van der Waals surface area contributed by atoms with Gasteiger partial charge < -0.3 is 15.5 Å². The van der Waals surface area contributed by atoms with Gasteiger partial charge in [-0.2, -0.15) is 0 Å². The van der Waals surface area contributed by atoms with Crippen molar-refractivity contribution in [2.75, 3.05) is 20.6 Å². The molecular formula is C17H23N3O3. The van der Waals surface area contributed by atoms with Gasteiger partial charge in [-0.3, -0.25) is 14.4 Å². The zero-order valence-electron chi connectivity index (χ0n) is 13.8. The van der Waals surface area contributed by atoms with Crippen LogP contribution in [0.3, 0.4) is 0 Å². The van der Waals surface area contributed by atoms with Crippen molar-refractivity contribution in [2.24, 2.45) is 0 Å². The van der Waals surface area contributed by atoms with Gasteiger partial charge in [-0.25, -0.2) is 0 Å². The number of rotatable bonds is 5. The maximum Gasteiger partial charge on any atom is 0.253 e. The Hall–Kier alpha value is -2.37. The fourth-order valence-corrected chi connectivity index (χ4v) is 2.67. The van der Waals surface area contributed by atoms with Gasteiger partial charge in [-0.15, -0.1) is 0 Å². The van der Waals surface area contributed by atoms with Crippen LogP contribution >= 0.6 is 0 Å². The van der Waals surface area contributed by atoms with Crippen LogP contribution in [0.25, 0.3) is 0 Å². The van der Waals surface area contributed by atoms with Crippen LogP contribution in [0.2, 0.25) is 0 Å². The minimum atomic E-state index is -0.340. The minimum absolute atomic E-state index is 0.0349. The highest BCUT2D eigenvalue weighted by Crippen LogP contribution is 2.23. The molecule has 1 atom stereocenters. The predicted molar refractivity (Wildman–Crippen MR) is 87.2 cm³/mol. The lowest BCUT2D eigenvalue weighted by Gasteiger charge is -2.27. The molecule has 1 unspecified atom stereocenters. The van der Waals surface area contributed by atoms with E-state index < -0.39 is 0 Å². The molecule has 1 aliphatic heterocycles. The predicted octanol–water partition coefficient (Wildman–Crippen LogP) is 1.18. The summed E-state index contributed by atoms with van der Waals surface area (Å²) in [4.78, 5) is 37.0. The lowest BCUT2D eigenvalue weighted by molar-refractivity contribution is -0.119. The van der Waals surface area contributed by atoms with Crippen LogP contribution in [0, 0.1) is 0 Å². The number of nitrogens with zero attached hydrogens (tertiary/aromatic N) is 1. The summed E-state index contributed by atoms with van der Waals surface area (Å²) in [6.07, 6.45) is 2.01. The van der Waals surface area contributed by atoms with Crippen LogP contribution in [0.15, 0.2) is 24.3 Å². The Labute approximate surface area is 136 Å². The van der Waals surface area contributed by atoms with Gasteiger partial charge in [0.2, 0.25) is 5.91 Å². The SMILES string of the molecule is CCC1(CNC(=O)c2ccc(C(=O)N(C)C)cc2)CCC(=O)N1. The van der Waals surface area contributed by atoms with E-state index in [4.69, 9.17) is 0 Å². The largest absolute Gasteiger partial charge is 0.350 e. The number of amides is 3. The summed E-state index contributed by atoms with van der Waals surface area (Å²) in [6.45, 7) is 2.41. The molecule has 1 fully saturated rings. The number of carbonyl (C=O) groups excluding carboxylic acids is 3. The van der Waals surface area contributed by atoms with Gasteiger partial charge >= 0.3 is 0 Å². The first-order valence-electron chi connectivity index (χ1n) is 7.78. The van der Waals surface area contributed by atoms with Crippen LogP contribution in [0.4, 0.5) is 0 Å². The second kappa shape index (κ2) is 6.81. The summed E-state index contributed by atoms with van der Waals surface area (Å²) in [7, 11) is 3.37. The Bertz CT molecular complexity index is 610. The zero-order valence-corrected chi connectivity index (χ0v) is 13.8. The first kappa shape index (κ1) is 17.0. The molecule has 2 N–H and O–H groups in total. The van der Waals surface area contributed by atoms with Gasteiger partial charge in [0.05, 0.1) is 5.54 Å². The number of benzene rings is 1. The minimum Gasteiger partial charge on any atom is -0.350 e. The highest BCUT2D eigenvalue weighted by molar-refractivity contribution is 5.97. The van der Waals surface area contributed by atoms with Gasteiger partial charge in [0.1, 0.15) is 0 Å². The standard InChI is InChI=1S/C17H23N3O3/c1-4-17(10-9-14(21)19-17)11-18-15(22)12-5-7-13(8-6-12)16(23)20(2)3/h5-8H,4,9-11H2,1-3H3,(H,18,22)(H,19,21). The summed E-state index contributed by atoms with van der Waals surface area (Å²) in [6, 6.07) is 6.56. The number of nitrogens with one attached hydrogen (secondary N) is 2. The summed E-state index contributed by atoms with van der Waals surface area (Å²) in [5.74, 6) is -0.272. The summed E-state index contributed by atoms with van der Waals surface area (Å²) < 4.78 is 0. The van der Waals surface area contributed by atoms with Gasteiger partial charge in [0.25, 0.3) is 11.8 Å². The van der Waals surface area contributed by atoms with E-state index in [1.165, 1.54) is 4.90 Å². The maximum atomic E-state index is 12.2. The zero-order chi connectivity index (χ0) is 17.0. The van der Waals surface area contributed by atoms with Gasteiger partial charge in [0, 0.05) is 38.2 Å². The Morgan fingerprint density at radius 1 is 1.22 bits per heavy atom. The average Bonchev–Trinajstić information content (AvgIpc) is 2.94. The normalized spacial score (nSPS) is 20.0. The molecule has 0 radical (unpaired) electrons. The molecule has 1 heterocycles. The molecule has 6 heteroatoms. The molecule has 0 aliphatic carbocycles. The first-order chi connectivity index (χ1) is 10.9. The molecular weight excluding hydrogens is 294 g/mol. The third-order valence-electron chi connectivity index (χ3n) is 4.30. The van der Waals surface area contributed by atoms with Crippen molar-refractivity contribution in [1.29, 1.82) is 0 Å². The van der Waals surface area contributed by atoms with Crippen LogP contribution < -0.4 is 10.6 Å². The lowest BCUT2D eigenvalue weighted by Crippen LogP contribution is -2.50. The van der Waals surface area contributed by atoms with E-state index in [0.29, 0.717) is 24.1 Å². The molecule has 1 saturated heterocycles. The van der Waals surface area contributed by atoms with Crippen LogP contribution in [0.5, 0.6) is 0 Å². The van der Waals surface area contributed by atoms with E-state index in [1.54, 1.807) is 38.4 Å². The van der Waals surface area contributed by atoms with Gasteiger partial charge in [-0.1, -0.05) is 6.92 Å². The maximum absolute atomic E-state index is 12.2. The van der Waals surface area contributed by atoms with E-state index in [1.807, 2.05) is 6.92 Å². The van der Waals surface area contributed by atoms with E-state index in [9.17, 15) is 14.4 Å². The molecule has 1 aliphatic rings. The molecule has 6 nitrogen and oxygen atoms in total. The van der Waals surface area contributed by atoms with Crippen molar-refractivity contribution in [1.82, 2.24) is 15.5 Å². The second-order valence-electron chi connectivity index (χ2n) is 6.14. The fraction of sp³-hybridized carbons (Fsp3) is 0.471. The van der Waals surface area contributed by atoms with E-state index >= 15 is 0 Å². The first-order valence-corrected chi connectivity index (χ1v) is 7.78. The van der Waals surface area contributed by atoms with Crippen molar-refractivity contribution in [3.63, 3.8) is 0 Å². The third kappa shape index (κ3) is 3.88. The average molecular weight is 317 g/mol. The van der Waals surface area contributed by atoms with Crippen molar-refractivity contribution in [3.8, 4) is 0 Å². The summed E-state index contributed by atoms with van der Waals surface area (Å²) in [5, 5.41) is 5.83. The van der Waals surface area contributed by atoms with E-state index in [-0.39, 0.29) is 23.3 Å². The molecule has 0 aromatic heterocycles. The van der Waals surface area contributed by atoms with Crippen molar-refractivity contribution < 1.29 is 14.4 Å². The van der Waals surface area contributed by atoms with Crippen LogP contribution in [0.1, 0.15) is 46.9 Å². The topological polar surface area (TPSA) is 78.5 Å². The molecule has 0 bridgehead atoms. The molecule has 23 heavy (non-hydrogen) atoms. The van der Waals surface area contributed by atoms with Crippen molar-refractivity contribution >= 4 is 17.7 Å². The fourth-order valence-electron chi connectivity index (χ4n) is 2.67. The lowest BCUT2D eigenvalue weighted by atomic mass is 9.94. The summed E-state index contributed by atoms with van der Waals surface area (Å²) >= 11 is 0. The van der Waals surface area contributed by atoms with Crippen molar-refractivity contribution in [2.45, 2.75) is 31.7 Å². The van der Waals surface area contributed by atoms with E-state index in [2.05, 4.69) is 10.6 Å². The molecule has 0 saturated carbocycles.